The minimum atomic E-state index is -1.44. The number of hydrogen-bond donors (Lipinski definition) is 1. The molecule has 0 saturated carbocycles. The molecule has 25 heavy (non-hydrogen) atoms. The summed E-state index contributed by atoms with van der Waals surface area (Å²) in [7, 11) is 1.57. The van der Waals surface area contributed by atoms with Crippen LogP contribution in [0.15, 0.2) is 34.7 Å². The Bertz CT molecular complexity index is 800. The molecule has 0 aliphatic rings. The van der Waals surface area contributed by atoms with Gasteiger partial charge in [-0.2, -0.15) is 5.26 Å². The van der Waals surface area contributed by atoms with E-state index in [0.717, 1.165) is 11.1 Å². The first-order valence-corrected chi connectivity index (χ1v) is 7.93. The second-order valence-electron chi connectivity index (χ2n) is 5.56. The quantitative estimate of drug-likeness (QED) is 0.618. The molecule has 0 fully saturated rings. The summed E-state index contributed by atoms with van der Waals surface area (Å²) in [5.74, 6) is -1.28. The number of nitrogens with one attached hydrogen (secondary N) is 1. The fourth-order valence-electron chi connectivity index (χ4n) is 2.41. The lowest BCUT2D eigenvalue weighted by Crippen LogP contribution is -2.34. The van der Waals surface area contributed by atoms with E-state index in [1.54, 1.807) is 43.5 Å². The molecule has 6 nitrogen and oxygen atoms in total. The van der Waals surface area contributed by atoms with Crippen LogP contribution in [0.3, 0.4) is 0 Å². The summed E-state index contributed by atoms with van der Waals surface area (Å²) in [6.07, 6.45) is 0.639. The van der Waals surface area contributed by atoms with Gasteiger partial charge >= 0.3 is 0 Å². The number of benzene rings is 1. The molecule has 0 aliphatic heterocycles. The SMILES string of the molecule is CCc1oc(C(=O)[C@@H](C#N)C(=O)NCc2ccc(OC)cc2)cc1C. The lowest BCUT2D eigenvalue weighted by atomic mass is 10.0. The second-order valence-corrected chi connectivity index (χ2v) is 5.56. The van der Waals surface area contributed by atoms with Gasteiger partial charge in [-0.3, -0.25) is 9.59 Å². The monoisotopic (exact) mass is 340 g/mol. The Morgan fingerprint density at radius 3 is 2.52 bits per heavy atom. The van der Waals surface area contributed by atoms with E-state index in [1.807, 2.05) is 13.8 Å². The van der Waals surface area contributed by atoms with Crippen LogP contribution in [-0.4, -0.2) is 18.8 Å². The largest absolute Gasteiger partial charge is 0.497 e. The van der Waals surface area contributed by atoms with Gasteiger partial charge in [-0.15, -0.1) is 0 Å². The van der Waals surface area contributed by atoms with Crippen molar-refractivity contribution >= 4 is 11.7 Å². The molecule has 1 aromatic heterocycles. The molecule has 1 atom stereocenters. The first kappa shape index (κ1) is 18.3. The highest BCUT2D eigenvalue weighted by atomic mass is 16.5. The third-order valence-electron chi connectivity index (χ3n) is 3.86. The molecule has 1 heterocycles. The van der Waals surface area contributed by atoms with Crippen molar-refractivity contribution in [1.82, 2.24) is 5.32 Å². The Hall–Kier alpha value is -3.07. The van der Waals surface area contributed by atoms with Crippen molar-refractivity contribution in [2.75, 3.05) is 7.11 Å². The van der Waals surface area contributed by atoms with E-state index in [0.29, 0.717) is 17.9 Å². The molecule has 1 N–H and O–H groups in total. The molecular weight excluding hydrogens is 320 g/mol. The van der Waals surface area contributed by atoms with Gasteiger partial charge in [-0.05, 0) is 36.2 Å². The number of rotatable bonds is 7. The van der Waals surface area contributed by atoms with Crippen LogP contribution in [0.4, 0.5) is 0 Å². The van der Waals surface area contributed by atoms with Crippen LogP contribution in [0, 0.1) is 24.2 Å². The lowest BCUT2D eigenvalue weighted by Gasteiger charge is -2.09. The molecule has 1 amide bonds. The molecule has 0 radical (unpaired) electrons. The number of furan rings is 1. The summed E-state index contributed by atoms with van der Waals surface area (Å²) in [6, 6.07) is 10.5. The molecule has 0 spiro atoms. The van der Waals surface area contributed by atoms with Gasteiger partial charge in [0.2, 0.25) is 11.7 Å². The van der Waals surface area contributed by atoms with Gasteiger partial charge in [0.15, 0.2) is 11.7 Å². The Labute approximate surface area is 146 Å². The van der Waals surface area contributed by atoms with Crippen molar-refractivity contribution in [2.45, 2.75) is 26.8 Å². The molecule has 0 bridgehead atoms. The Morgan fingerprint density at radius 2 is 2.00 bits per heavy atom. The number of amides is 1. The third-order valence-corrected chi connectivity index (χ3v) is 3.86. The first-order chi connectivity index (χ1) is 12.0. The molecule has 0 aliphatic carbocycles. The van der Waals surface area contributed by atoms with E-state index in [1.165, 1.54) is 0 Å². The normalized spacial score (nSPS) is 11.4. The zero-order valence-electron chi connectivity index (χ0n) is 14.5. The van der Waals surface area contributed by atoms with Crippen LogP contribution in [-0.2, 0) is 17.8 Å². The van der Waals surface area contributed by atoms with Gasteiger partial charge < -0.3 is 14.5 Å². The predicted octanol–water partition coefficient (Wildman–Crippen LogP) is 2.80. The van der Waals surface area contributed by atoms with Crippen molar-refractivity contribution in [2.24, 2.45) is 5.92 Å². The number of carbonyl (C=O) groups is 2. The van der Waals surface area contributed by atoms with Crippen molar-refractivity contribution < 1.29 is 18.7 Å². The average molecular weight is 340 g/mol. The number of carbonyl (C=O) groups excluding carboxylic acids is 2. The van der Waals surface area contributed by atoms with E-state index in [-0.39, 0.29) is 12.3 Å². The molecule has 2 aromatic rings. The number of methoxy groups -OCH3 is 1. The molecule has 1 aromatic carbocycles. The van der Waals surface area contributed by atoms with Gasteiger partial charge in [-0.1, -0.05) is 19.1 Å². The van der Waals surface area contributed by atoms with E-state index < -0.39 is 17.6 Å². The van der Waals surface area contributed by atoms with Gasteiger partial charge in [0.05, 0.1) is 13.2 Å². The van der Waals surface area contributed by atoms with E-state index in [2.05, 4.69) is 5.32 Å². The number of hydrogen-bond acceptors (Lipinski definition) is 5. The Balaban J connectivity index is 2.04. The maximum Gasteiger partial charge on any atom is 0.245 e. The summed E-state index contributed by atoms with van der Waals surface area (Å²) in [6.45, 7) is 3.94. The first-order valence-electron chi connectivity index (χ1n) is 7.93. The molecular formula is C19H20N2O4. The number of ether oxygens (including phenoxy) is 1. The number of nitriles is 1. The van der Waals surface area contributed by atoms with Crippen LogP contribution in [0.1, 0.15) is 34.4 Å². The maximum atomic E-state index is 12.4. The van der Waals surface area contributed by atoms with Crippen LogP contribution in [0.25, 0.3) is 0 Å². The second kappa shape index (κ2) is 8.15. The molecule has 6 heteroatoms. The number of Topliss-reactive ketones (excluding diaryl/α,β-unsaturated/α-hetero) is 1. The highest BCUT2D eigenvalue weighted by Gasteiger charge is 2.30. The number of nitrogens with zero attached hydrogens (tertiary/aromatic N) is 1. The predicted molar refractivity (Wildman–Crippen MR) is 91.1 cm³/mol. The van der Waals surface area contributed by atoms with E-state index in [4.69, 9.17) is 9.15 Å². The standard InChI is InChI=1S/C19H20N2O4/c1-4-16-12(2)9-17(25-16)18(22)15(10-20)19(23)21-11-13-5-7-14(24-3)8-6-13/h5-9,15H,4,11H2,1-3H3,(H,21,23)/t15-/m1/s1. The van der Waals surface area contributed by atoms with E-state index >= 15 is 0 Å². The minimum Gasteiger partial charge on any atom is -0.497 e. The summed E-state index contributed by atoms with van der Waals surface area (Å²) in [5, 5.41) is 11.8. The summed E-state index contributed by atoms with van der Waals surface area (Å²) >= 11 is 0. The Morgan fingerprint density at radius 1 is 1.32 bits per heavy atom. The highest BCUT2D eigenvalue weighted by molar-refractivity contribution is 6.10. The number of ketones is 1. The molecule has 2 rings (SSSR count). The van der Waals surface area contributed by atoms with Gasteiger partial charge in [0, 0.05) is 13.0 Å². The molecule has 130 valence electrons. The van der Waals surface area contributed by atoms with Crippen molar-refractivity contribution in [3.05, 3.63) is 53.0 Å². The Kier molecular flexibility index (Phi) is 5.96. The van der Waals surface area contributed by atoms with E-state index in [9.17, 15) is 14.9 Å². The fraction of sp³-hybridized carbons (Fsp3) is 0.316. The van der Waals surface area contributed by atoms with Crippen LogP contribution >= 0.6 is 0 Å². The summed E-state index contributed by atoms with van der Waals surface area (Å²) < 4.78 is 10.5. The zero-order valence-corrected chi connectivity index (χ0v) is 14.5. The van der Waals surface area contributed by atoms with Gasteiger partial charge in [-0.25, -0.2) is 0 Å². The maximum absolute atomic E-state index is 12.4. The molecule has 0 unspecified atom stereocenters. The van der Waals surface area contributed by atoms with Crippen molar-refractivity contribution in [1.29, 1.82) is 5.26 Å². The highest BCUT2D eigenvalue weighted by Crippen LogP contribution is 2.19. The van der Waals surface area contributed by atoms with Crippen LogP contribution in [0.5, 0.6) is 5.75 Å². The minimum absolute atomic E-state index is 0.0421. The van der Waals surface area contributed by atoms with Crippen molar-refractivity contribution in [3.8, 4) is 11.8 Å². The smallest absolute Gasteiger partial charge is 0.245 e. The summed E-state index contributed by atoms with van der Waals surface area (Å²) in [4.78, 5) is 24.6. The fourth-order valence-corrected chi connectivity index (χ4v) is 2.41. The summed E-state index contributed by atoms with van der Waals surface area (Å²) in [5.41, 5.74) is 1.67. The van der Waals surface area contributed by atoms with Crippen molar-refractivity contribution in [3.63, 3.8) is 0 Å². The lowest BCUT2D eigenvalue weighted by molar-refractivity contribution is -0.122. The number of aryl methyl sites for hydroxylation is 2. The van der Waals surface area contributed by atoms with Crippen LogP contribution < -0.4 is 10.1 Å². The van der Waals surface area contributed by atoms with Gasteiger partial charge in [0.25, 0.3) is 0 Å². The van der Waals surface area contributed by atoms with Crippen LogP contribution in [0.2, 0.25) is 0 Å². The third kappa shape index (κ3) is 4.27. The zero-order chi connectivity index (χ0) is 18.4. The topological polar surface area (TPSA) is 92.3 Å². The average Bonchev–Trinajstić information content (AvgIpc) is 3.01. The van der Waals surface area contributed by atoms with Gasteiger partial charge in [0.1, 0.15) is 11.5 Å². The molecule has 0 saturated heterocycles.